The summed E-state index contributed by atoms with van der Waals surface area (Å²) in [6, 6.07) is 5.71. The van der Waals surface area contributed by atoms with Crippen LogP contribution in [-0.2, 0) is 4.79 Å². The molecule has 4 nitrogen and oxygen atoms in total. The summed E-state index contributed by atoms with van der Waals surface area (Å²) >= 11 is 0. The summed E-state index contributed by atoms with van der Waals surface area (Å²) in [5.41, 5.74) is 0.101. The van der Waals surface area contributed by atoms with E-state index in [1.54, 1.807) is 6.07 Å². The molecule has 0 aliphatic heterocycles. The molecule has 0 saturated heterocycles. The van der Waals surface area contributed by atoms with Gasteiger partial charge >= 0.3 is 0 Å². The van der Waals surface area contributed by atoms with Crippen LogP contribution >= 0.6 is 0 Å². The van der Waals surface area contributed by atoms with Crippen molar-refractivity contribution < 1.29 is 9.21 Å². The second kappa shape index (κ2) is 6.95. The molecule has 0 aromatic carbocycles. The van der Waals surface area contributed by atoms with Gasteiger partial charge in [0, 0.05) is 12.1 Å². The lowest BCUT2D eigenvalue weighted by molar-refractivity contribution is -0.117. The zero-order valence-electron chi connectivity index (χ0n) is 11.8. The number of aryl methyl sites for hydroxylation is 1. The Balaban J connectivity index is 2.02. The number of furan rings is 1. The molecule has 0 unspecified atom stereocenters. The fourth-order valence-corrected chi connectivity index (χ4v) is 2.51. The lowest BCUT2D eigenvalue weighted by atomic mass is 10.1. The van der Waals surface area contributed by atoms with Gasteiger partial charge in [-0.15, -0.1) is 0 Å². The second-order valence-corrected chi connectivity index (χ2v) is 5.28. The first-order valence-corrected chi connectivity index (χ1v) is 7.18. The van der Waals surface area contributed by atoms with Crippen LogP contribution in [0.1, 0.15) is 50.0 Å². The van der Waals surface area contributed by atoms with E-state index < -0.39 is 0 Å². The molecule has 0 radical (unpaired) electrons. The van der Waals surface area contributed by atoms with Crippen molar-refractivity contribution in [2.75, 3.05) is 0 Å². The monoisotopic (exact) mass is 272 g/mol. The number of nitrogens with one attached hydrogen (secondary N) is 1. The Bertz CT molecular complexity index is 529. The molecule has 1 aromatic rings. The Morgan fingerprint density at radius 2 is 2.05 bits per heavy atom. The maximum atomic E-state index is 12.1. The highest BCUT2D eigenvalue weighted by molar-refractivity contribution is 6.01. The van der Waals surface area contributed by atoms with Gasteiger partial charge in [-0.1, -0.05) is 25.7 Å². The van der Waals surface area contributed by atoms with E-state index >= 15 is 0 Å². The largest absolute Gasteiger partial charge is 0.462 e. The highest BCUT2D eigenvalue weighted by Gasteiger charge is 2.17. The van der Waals surface area contributed by atoms with Crippen LogP contribution in [-0.4, -0.2) is 11.9 Å². The minimum absolute atomic E-state index is 0.101. The lowest BCUT2D eigenvalue weighted by Crippen LogP contribution is -2.35. The van der Waals surface area contributed by atoms with Crippen molar-refractivity contribution >= 4 is 12.0 Å². The normalized spacial score (nSPS) is 17.3. The molecule has 20 heavy (non-hydrogen) atoms. The van der Waals surface area contributed by atoms with Crippen molar-refractivity contribution in [2.45, 2.75) is 51.5 Å². The van der Waals surface area contributed by atoms with E-state index in [-0.39, 0.29) is 17.5 Å². The number of carbonyl (C=O) groups excluding carboxylic acids is 1. The number of hydrogen-bond donors (Lipinski definition) is 1. The molecule has 0 atom stereocenters. The Morgan fingerprint density at radius 3 is 2.60 bits per heavy atom. The molecule has 106 valence electrons. The molecule has 1 heterocycles. The molecule has 1 saturated carbocycles. The number of hydrogen-bond acceptors (Lipinski definition) is 3. The van der Waals surface area contributed by atoms with Crippen LogP contribution in [0.2, 0.25) is 0 Å². The number of rotatable bonds is 3. The Labute approximate surface area is 119 Å². The van der Waals surface area contributed by atoms with Gasteiger partial charge in [0.25, 0.3) is 5.91 Å². The molecule has 4 heteroatoms. The predicted molar refractivity (Wildman–Crippen MR) is 76.7 cm³/mol. The smallest absolute Gasteiger partial charge is 0.262 e. The van der Waals surface area contributed by atoms with Gasteiger partial charge in [0.1, 0.15) is 23.2 Å². The molecule has 1 aliphatic carbocycles. The van der Waals surface area contributed by atoms with Crippen LogP contribution in [0, 0.1) is 18.3 Å². The van der Waals surface area contributed by atoms with Gasteiger partial charge in [-0.05, 0) is 31.9 Å². The molecular weight excluding hydrogens is 252 g/mol. The molecule has 0 spiro atoms. The van der Waals surface area contributed by atoms with Crippen LogP contribution < -0.4 is 5.32 Å². The zero-order chi connectivity index (χ0) is 14.4. The lowest BCUT2D eigenvalue weighted by Gasteiger charge is -2.15. The van der Waals surface area contributed by atoms with E-state index in [2.05, 4.69) is 5.32 Å². The number of nitrogens with zero attached hydrogens (tertiary/aromatic N) is 1. The fraction of sp³-hybridized carbons (Fsp3) is 0.500. The summed E-state index contributed by atoms with van der Waals surface area (Å²) in [4.78, 5) is 12.1. The third kappa shape index (κ3) is 3.99. The van der Waals surface area contributed by atoms with Crippen LogP contribution in [0.5, 0.6) is 0 Å². The number of carbonyl (C=O) groups is 1. The van der Waals surface area contributed by atoms with Crippen molar-refractivity contribution in [3.05, 3.63) is 29.2 Å². The van der Waals surface area contributed by atoms with Gasteiger partial charge in [-0.25, -0.2) is 0 Å². The van der Waals surface area contributed by atoms with Crippen LogP contribution in [0.3, 0.4) is 0 Å². The third-order valence-electron chi connectivity index (χ3n) is 3.60. The van der Waals surface area contributed by atoms with Crippen LogP contribution in [0.4, 0.5) is 0 Å². The number of nitriles is 1. The van der Waals surface area contributed by atoms with Gasteiger partial charge in [-0.2, -0.15) is 5.26 Å². The summed E-state index contributed by atoms with van der Waals surface area (Å²) in [5, 5.41) is 12.1. The van der Waals surface area contributed by atoms with Crippen LogP contribution in [0.15, 0.2) is 22.1 Å². The molecule has 1 N–H and O–H groups in total. The quantitative estimate of drug-likeness (QED) is 0.521. The summed E-state index contributed by atoms with van der Waals surface area (Å²) in [7, 11) is 0. The average molecular weight is 272 g/mol. The zero-order valence-corrected chi connectivity index (χ0v) is 11.8. The molecule has 1 fully saturated rings. The summed E-state index contributed by atoms with van der Waals surface area (Å²) in [6.45, 7) is 1.83. The maximum absolute atomic E-state index is 12.1. The van der Waals surface area contributed by atoms with Gasteiger partial charge in [-0.3, -0.25) is 4.79 Å². The average Bonchev–Trinajstić information content (AvgIpc) is 2.68. The Morgan fingerprint density at radius 1 is 1.35 bits per heavy atom. The minimum atomic E-state index is -0.298. The first kappa shape index (κ1) is 14.4. The van der Waals surface area contributed by atoms with Gasteiger partial charge in [0.05, 0.1) is 0 Å². The first-order valence-electron chi connectivity index (χ1n) is 7.18. The molecular formula is C16H20N2O2. The van der Waals surface area contributed by atoms with Crippen molar-refractivity contribution in [1.29, 1.82) is 5.26 Å². The second-order valence-electron chi connectivity index (χ2n) is 5.28. The van der Waals surface area contributed by atoms with E-state index in [4.69, 9.17) is 9.68 Å². The summed E-state index contributed by atoms with van der Waals surface area (Å²) < 4.78 is 5.37. The van der Waals surface area contributed by atoms with E-state index in [1.165, 1.54) is 18.9 Å². The molecule has 1 amide bonds. The SMILES string of the molecule is Cc1ccc(C=C(C#N)C(=O)NC2CCCCCC2)o1. The maximum Gasteiger partial charge on any atom is 0.262 e. The molecule has 0 bridgehead atoms. The predicted octanol–water partition coefficient (Wildman–Crippen LogP) is 3.33. The Kier molecular flexibility index (Phi) is 5.00. The van der Waals surface area contributed by atoms with Crippen molar-refractivity contribution in [3.63, 3.8) is 0 Å². The van der Waals surface area contributed by atoms with E-state index in [1.807, 2.05) is 19.1 Å². The van der Waals surface area contributed by atoms with Gasteiger partial charge < -0.3 is 9.73 Å². The Hall–Kier alpha value is -2.02. The highest BCUT2D eigenvalue weighted by atomic mass is 16.3. The fourth-order valence-electron chi connectivity index (χ4n) is 2.51. The topological polar surface area (TPSA) is 66.0 Å². The van der Waals surface area contributed by atoms with Crippen molar-refractivity contribution in [3.8, 4) is 6.07 Å². The summed E-state index contributed by atoms with van der Waals surface area (Å²) in [6.07, 6.45) is 8.27. The molecule has 2 rings (SSSR count). The highest BCUT2D eigenvalue weighted by Crippen LogP contribution is 2.18. The van der Waals surface area contributed by atoms with Gasteiger partial charge in [0.2, 0.25) is 0 Å². The van der Waals surface area contributed by atoms with Crippen molar-refractivity contribution in [2.24, 2.45) is 0 Å². The standard InChI is InChI=1S/C16H20N2O2/c1-12-8-9-15(20-12)10-13(11-17)16(19)18-14-6-4-2-3-5-7-14/h8-10,14H,2-7H2,1H3,(H,18,19). The van der Waals surface area contributed by atoms with E-state index in [9.17, 15) is 4.79 Å². The third-order valence-corrected chi connectivity index (χ3v) is 3.60. The molecule has 1 aromatic heterocycles. The van der Waals surface area contributed by atoms with E-state index in [0.717, 1.165) is 31.4 Å². The van der Waals surface area contributed by atoms with Crippen LogP contribution in [0.25, 0.3) is 6.08 Å². The first-order chi connectivity index (χ1) is 9.69. The molecule has 1 aliphatic rings. The van der Waals surface area contributed by atoms with E-state index in [0.29, 0.717) is 5.76 Å². The minimum Gasteiger partial charge on any atom is -0.462 e. The number of amides is 1. The van der Waals surface area contributed by atoms with Gasteiger partial charge in [0.15, 0.2) is 0 Å². The summed E-state index contributed by atoms with van der Waals surface area (Å²) in [5.74, 6) is 1.00. The van der Waals surface area contributed by atoms with Crippen molar-refractivity contribution in [1.82, 2.24) is 5.32 Å².